The van der Waals surface area contributed by atoms with Crippen LogP contribution < -0.4 is 5.32 Å². The molecule has 0 unspecified atom stereocenters. The van der Waals surface area contributed by atoms with Gasteiger partial charge in [0.25, 0.3) is 0 Å². The van der Waals surface area contributed by atoms with Crippen LogP contribution in [0.15, 0.2) is 66.9 Å². The van der Waals surface area contributed by atoms with Crippen LogP contribution in [-0.4, -0.2) is 6.04 Å². The molecule has 0 aliphatic carbocycles. The van der Waals surface area contributed by atoms with Crippen molar-refractivity contribution in [2.75, 3.05) is 0 Å². The average molecular weight is 255 g/mol. The fourth-order valence-corrected chi connectivity index (χ4v) is 1.74. The largest absolute Gasteiger partial charge is 0.386 e. The highest BCUT2D eigenvalue weighted by atomic mass is 19.1. The molecule has 2 aromatic carbocycles. The lowest BCUT2D eigenvalue weighted by Crippen LogP contribution is -2.08. The summed E-state index contributed by atoms with van der Waals surface area (Å²) in [6, 6.07) is 17.0. The molecular weight excluding hydrogens is 241 g/mol. The molecule has 96 valence electrons. The summed E-state index contributed by atoms with van der Waals surface area (Å²) >= 11 is 0. The standard InChI is InChI=1S/C16H14FNO/c17-16(19)15(14-9-5-2-6-10-14)12-18-11-13-7-3-1-4-8-13/h1-10,12,18H,11H2. The molecule has 2 nitrogen and oxygen atoms in total. The molecule has 0 atom stereocenters. The fraction of sp³-hybridized carbons (Fsp3) is 0.0625. The Balaban J connectivity index is 2.08. The van der Waals surface area contributed by atoms with Crippen LogP contribution in [0.2, 0.25) is 0 Å². The quantitative estimate of drug-likeness (QED) is 0.656. The maximum atomic E-state index is 13.0. The number of nitrogens with one attached hydrogen (secondary N) is 1. The zero-order valence-electron chi connectivity index (χ0n) is 10.3. The molecule has 2 rings (SSSR count). The molecule has 1 N–H and O–H groups in total. The summed E-state index contributed by atoms with van der Waals surface area (Å²) in [4.78, 5) is 11.0. The van der Waals surface area contributed by atoms with Crippen molar-refractivity contribution in [2.45, 2.75) is 6.54 Å². The van der Waals surface area contributed by atoms with E-state index in [0.717, 1.165) is 5.56 Å². The monoisotopic (exact) mass is 255 g/mol. The molecule has 0 aromatic heterocycles. The number of hydrogen-bond donors (Lipinski definition) is 1. The van der Waals surface area contributed by atoms with Crippen molar-refractivity contribution >= 4 is 11.6 Å². The van der Waals surface area contributed by atoms with Gasteiger partial charge in [0.05, 0.1) is 5.57 Å². The van der Waals surface area contributed by atoms with Crippen LogP contribution in [-0.2, 0) is 11.3 Å². The third-order valence-electron chi connectivity index (χ3n) is 2.69. The number of allylic oxidation sites excluding steroid dienone is 1. The zero-order valence-corrected chi connectivity index (χ0v) is 10.3. The highest BCUT2D eigenvalue weighted by molar-refractivity contribution is 6.15. The topological polar surface area (TPSA) is 29.1 Å². The van der Waals surface area contributed by atoms with Gasteiger partial charge in [-0.25, -0.2) is 0 Å². The number of hydrogen-bond acceptors (Lipinski definition) is 2. The molecule has 0 amide bonds. The molecule has 0 saturated carbocycles. The summed E-state index contributed by atoms with van der Waals surface area (Å²) in [7, 11) is 0. The van der Waals surface area contributed by atoms with Crippen LogP contribution in [0, 0.1) is 0 Å². The van der Waals surface area contributed by atoms with Crippen molar-refractivity contribution in [3.63, 3.8) is 0 Å². The van der Waals surface area contributed by atoms with E-state index in [1.54, 1.807) is 24.3 Å². The summed E-state index contributed by atoms with van der Waals surface area (Å²) in [6.07, 6.45) is 1.42. The smallest absolute Gasteiger partial charge is 0.334 e. The summed E-state index contributed by atoms with van der Waals surface area (Å²) < 4.78 is 13.0. The second-order valence-electron chi connectivity index (χ2n) is 4.06. The van der Waals surface area contributed by atoms with Gasteiger partial charge in [-0.3, -0.25) is 4.79 Å². The molecule has 0 bridgehead atoms. The van der Waals surface area contributed by atoms with Crippen molar-refractivity contribution in [1.82, 2.24) is 5.32 Å². The van der Waals surface area contributed by atoms with Gasteiger partial charge in [0.15, 0.2) is 0 Å². The van der Waals surface area contributed by atoms with E-state index in [9.17, 15) is 9.18 Å². The maximum Gasteiger partial charge on any atom is 0.334 e. The van der Waals surface area contributed by atoms with Crippen LogP contribution in [0.3, 0.4) is 0 Å². The Hall–Kier alpha value is -2.42. The first kappa shape index (κ1) is 13.0. The lowest BCUT2D eigenvalue weighted by molar-refractivity contribution is -0.123. The van der Waals surface area contributed by atoms with E-state index in [4.69, 9.17) is 0 Å². The van der Waals surface area contributed by atoms with Crippen LogP contribution in [0.25, 0.3) is 5.57 Å². The molecule has 0 radical (unpaired) electrons. The Bertz CT molecular complexity index is 564. The molecule has 0 spiro atoms. The minimum absolute atomic E-state index is 0.0385. The van der Waals surface area contributed by atoms with Gasteiger partial charge in [-0.15, -0.1) is 0 Å². The van der Waals surface area contributed by atoms with Crippen molar-refractivity contribution in [3.05, 3.63) is 78.0 Å². The first-order valence-corrected chi connectivity index (χ1v) is 6.00. The molecular formula is C16H14FNO. The Morgan fingerprint density at radius 3 is 2.16 bits per heavy atom. The van der Waals surface area contributed by atoms with Gasteiger partial charge in [-0.05, 0) is 11.1 Å². The first-order valence-electron chi connectivity index (χ1n) is 6.00. The Morgan fingerprint density at radius 2 is 1.58 bits per heavy atom. The molecule has 0 aliphatic rings. The lowest BCUT2D eigenvalue weighted by atomic mass is 10.1. The Kier molecular flexibility index (Phi) is 4.45. The van der Waals surface area contributed by atoms with Gasteiger partial charge < -0.3 is 5.32 Å². The molecule has 0 aliphatic heterocycles. The lowest BCUT2D eigenvalue weighted by Gasteiger charge is -2.04. The second-order valence-corrected chi connectivity index (χ2v) is 4.06. The number of carbonyl (C=O) groups excluding carboxylic acids is 1. The zero-order chi connectivity index (χ0) is 13.5. The summed E-state index contributed by atoms with van der Waals surface area (Å²) in [5, 5.41) is 2.96. The predicted molar refractivity (Wildman–Crippen MR) is 73.8 cm³/mol. The number of halogens is 1. The molecule has 0 saturated heterocycles. The van der Waals surface area contributed by atoms with E-state index in [2.05, 4.69) is 5.32 Å². The van der Waals surface area contributed by atoms with Gasteiger partial charge in [0, 0.05) is 12.7 Å². The van der Waals surface area contributed by atoms with Crippen LogP contribution in [0.4, 0.5) is 4.39 Å². The number of carbonyl (C=O) groups is 1. The molecule has 2 aromatic rings. The average Bonchev–Trinajstić information content (AvgIpc) is 2.45. The molecule has 3 heteroatoms. The van der Waals surface area contributed by atoms with Crippen molar-refractivity contribution in [1.29, 1.82) is 0 Å². The number of benzene rings is 2. The van der Waals surface area contributed by atoms with E-state index in [1.165, 1.54) is 6.20 Å². The normalized spacial score (nSPS) is 11.1. The Labute approximate surface area is 111 Å². The van der Waals surface area contributed by atoms with Gasteiger partial charge in [0.1, 0.15) is 0 Å². The van der Waals surface area contributed by atoms with Crippen LogP contribution in [0.1, 0.15) is 11.1 Å². The van der Waals surface area contributed by atoms with Crippen LogP contribution in [0.5, 0.6) is 0 Å². The third kappa shape index (κ3) is 3.78. The van der Waals surface area contributed by atoms with Crippen molar-refractivity contribution in [2.24, 2.45) is 0 Å². The second kappa shape index (κ2) is 6.50. The number of rotatable bonds is 5. The summed E-state index contributed by atoms with van der Waals surface area (Å²) in [5.74, 6) is 0. The van der Waals surface area contributed by atoms with E-state index >= 15 is 0 Å². The Morgan fingerprint density at radius 1 is 1.00 bits per heavy atom. The van der Waals surface area contributed by atoms with Gasteiger partial charge in [0.2, 0.25) is 0 Å². The van der Waals surface area contributed by atoms with E-state index in [-0.39, 0.29) is 5.57 Å². The predicted octanol–water partition coefficient (Wildman–Crippen LogP) is 3.31. The highest BCUT2D eigenvalue weighted by Gasteiger charge is 2.09. The van der Waals surface area contributed by atoms with Crippen LogP contribution >= 0.6 is 0 Å². The van der Waals surface area contributed by atoms with E-state index in [0.29, 0.717) is 12.1 Å². The summed E-state index contributed by atoms with van der Waals surface area (Å²) in [6.45, 7) is 0.546. The SMILES string of the molecule is O=C(F)C(=CNCc1ccccc1)c1ccccc1. The summed E-state index contributed by atoms with van der Waals surface area (Å²) in [5.41, 5.74) is 1.67. The molecule has 0 fully saturated rings. The van der Waals surface area contributed by atoms with Crippen molar-refractivity contribution in [3.8, 4) is 0 Å². The van der Waals surface area contributed by atoms with Gasteiger partial charge in [-0.1, -0.05) is 60.7 Å². The molecule has 0 heterocycles. The third-order valence-corrected chi connectivity index (χ3v) is 2.69. The maximum absolute atomic E-state index is 13.0. The van der Waals surface area contributed by atoms with E-state index in [1.807, 2.05) is 36.4 Å². The fourth-order valence-electron chi connectivity index (χ4n) is 1.74. The van der Waals surface area contributed by atoms with Gasteiger partial charge >= 0.3 is 6.04 Å². The molecule has 19 heavy (non-hydrogen) atoms. The highest BCUT2D eigenvalue weighted by Crippen LogP contribution is 2.14. The van der Waals surface area contributed by atoms with Gasteiger partial charge in [-0.2, -0.15) is 4.39 Å². The minimum Gasteiger partial charge on any atom is -0.386 e. The minimum atomic E-state index is -1.44. The van der Waals surface area contributed by atoms with E-state index < -0.39 is 6.04 Å². The van der Waals surface area contributed by atoms with Crippen molar-refractivity contribution < 1.29 is 9.18 Å². The first-order chi connectivity index (χ1) is 9.27.